The molecule has 0 atom stereocenters. The van der Waals surface area contributed by atoms with Crippen molar-refractivity contribution in [3.8, 4) is 0 Å². The number of pyridine rings is 1. The van der Waals surface area contributed by atoms with Gasteiger partial charge in [0, 0.05) is 28.4 Å². The Labute approximate surface area is 151 Å². The minimum absolute atomic E-state index is 0. The van der Waals surface area contributed by atoms with Gasteiger partial charge in [0.25, 0.3) is 0 Å². The average molecular weight is 341 g/mol. The Kier molecular flexibility index (Phi) is 7.11. The first kappa shape index (κ1) is 18.5. The molecule has 1 nitrogen and oxygen atoms in total. The Morgan fingerprint density at radius 2 is 1.35 bits per heavy atom. The van der Waals surface area contributed by atoms with E-state index < -0.39 is 0 Å². The van der Waals surface area contributed by atoms with E-state index in [0.29, 0.717) is 0 Å². The molecule has 0 bridgehead atoms. The van der Waals surface area contributed by atoms with Crippen molar-refractivity contribution >= 4 is 10.9 Å². The second-order valence-electron chi connectivity index (χ2n) is 5.49. The van der Waals surface area contributed by atoms with E-state index in [1.54, 1.807) is 0 Å². The van der Waals surface area contributed by atoms with Gasteiger partial charge in [0.15, 0.2) is 0 Å². The van der Waals surface area contributed by atoms with Crippen molar-refractivity contribution in [2.24, 2.45) is 0 Å². The molecule has 2 aliphatic rings. The minimum Gasteiger partial charge on any atom is -0.252 e. The fraction of sp³-hybridized carbons (Fsp3) is 0.0952. The summed E-state index contributed by atoms with van der Waals surface area (Å²) in [5.41, 5.74) is 4.65. The molecule has 116 valence electrons. The van der Waals surface area contributed by atoms with Crippen molar-refractivity contribution in [2.75, 3.05) is 0 Å². The normalized spacial score (nSPS) is 17.7. The van der Waals surface area contributed by atoms with E-state index in [9.17, 15) is 0 Å². The van der Waals surface area contributed by atoms with Crippen LogP contribution < -0.4 is 0 Å². The summed E-state index contributed by atoms with van der Waals surface area (Å²) in [6.45, 7) is 4.22. The van der Waals surface area contributed by atoms with Crippen molar-refractivity contribution in [2.45, 2.75) is 13.8 Å². The first-order valence-electron chi connectivity index (χ1n) is 7.51. The maximum Gasteiger partial charge on any atom is 0.0708 e. The van der Waals surface area contributed by atoms with Crippen molar-refractivity contribution < 1.29 is 17.1 Å². The van der Waals surface area contributed by atoms with Gasteiger partial charge in [-0.05, 0) is 94.9 Å². The molecule has 1 aromatic carbocycles. The zero-order chi connectivity index (χ0) is 15.4. The first-order valence-corrected chi connectivity index (χ1v) is 7.51. The monoisotopic (exact) mass is 341 g/mol. The van der Waals surface area contributed by atoms with Crippen molar-refractivity contribution in [1.29, 1.82) is 0 Å². The van der Waals surface area contributed by atoms with E-state index in [0.717, 1.165) is 11.2 Å². The number of rotatable bonds is 1. The molecule has 0 N–H and O–H groups in total. The molecule has 0 unspecified atom stereocenters. The fourth-order valence-electron chi connectivity index (χ4n) is 2.53. The van der Waals surface area contributed by atoms with Crippen LogP contribution in [0.4, 0.5) is 0 Å². The molecule has 10 radical (unpaired) electrons. The van der Waals surface area contributed by atoms with Gasteiger partial charge in [0.05, 0.1) is 11.2 Å². The summed E-state index contributed by atoms with van der Waals surface area (Å²) in [4.78, 5) is 4.78. The van der Waals surface area contributed by atoms with Crippen LogP contribution in [0.1, 0.15) is 16.8 Å². The van der Waals surface area contributed by atoms with Crippen molar-refractivity contribution in [1.82, 2.24) is 4.98 Å². The summed E-state index contributed by atoms with van der Waals surface area (Å²) < 4.78 is 0. The number of fused-ring (bicyclic) bond motifs is 1. The Morgan fingerprint density at radius 3 is 1.96 bits per heavy atom. The molecule has 2 heteroatoms. The number of hydrogen-bond acceptors (Lipinski definition) is 1. The Bertz CT molecular complexity index is 617. The number of hydrogen-bond donors (Lipinski definition) is 0. The summed E-state index contributed by atoms with van der Waals surface area (Å²) in [5.74, 6) is 1.20. The van der Waals surface area contributed by atoms with Gasteiger partial charge in [-0.15, -0.1) is 0 Å². The summed E-state index contributed by atoms with van der Waals surface area (Å²) in [6, 6.07) is 8.62. The fourth-order valence-corrected chi connectivity index (χ4v) is 2.53. The number of aryl methyl sites for hydroxylation is 2. The van der Waals surface area contributed by atoms with Gasteiger partial charge in [-0.3, -0.25) is 4.98 Å². The van der Waals surface area contributed by atoms with Crippen LogP contribution in [0.5, 0.6) is 0 Å². The summed E-state index contributed by atoms with van der Waals surface area (Å²) in [5, 5.41) is 1.21. The molecule has 2 aromatic rings. The molecule has 0 amide bonds. The molecule has 0 aliphatic heterocycles. The van der Waals surface area contributed by atoms with Crippen LogP contribution in [0.15, 0.2) is 24.3 Å². The van der Waals surface area contributed by atoms with Gasteiger partial charge in [-0.1, -0.05) is 12.1 Å². The third kappa shape index (κ3) is 4.81. The first-order chi connectivity index (χ1) is 10.7. The van der Waals surface area contributed by atoms with E-state index in [4.69, 9.17) is 4.98 Å². The van der Waals surface area contributed by atoms with Crippen LogP contribution in [0.3, 0.4) is 0 Å². The zero-order valence-corrected chi connectivity index (χ0v) is 14.4. The SMILES string of the molecule is Cc1ccc2cc(C)c([C]3[CH][CH][CH][CH]3)nc2c1.[CH]1[CH][CH][CH][CH]1.[Fe]. The van der Waals surface area contributed by atoms with Gasteiger partial charge in [0.2, 0.25) is 0 Å². The number of nitrogens with zero attached hydrogens (tertiary/aromatic N) is 1. The van der Waals surface area contributed by atoms with E-state index >= 15 is 0 Å². The van der Waals surface area contributed by atoms with Crippen LogP contribution in [-0.4, -0.2) is 4.98 Å². The molecule has 2 aliphatic carbocycles. The molecular formula is C21H19FeN. The zero-order valence-electron chi connectivity index (χ0n) is 13.3. The summed E-state index contributed by atoms with van der Waals surface area (Å²) in [6.07, 6.45) is 18.3. The van der Waals surface area contributed by atoms with E-state index in [1.807, 2.05) is 32.1 Å². The largest absolute Gasteiger partial charge is 0.252 e. The molecular weight excluding hydrogens is 322 g/mol. The molecule has 0 saturated heterocycles. The molecule has 1 heterocycles. The summed E-state index contributed by atoms with van der Waals surface area (Å²) in [7, 11) is 0. The Morgan fingerprint density at radius 1 is 0.739 bits per heavy atom. The number of benzene rings is 1. The van der Waals surface area contributed by atoms with Gasteiger partial charge >= 0.3 is 0 Å². The predicted octanol–water partition coefficient (Wildman–Crippen LogP) is 4.62. The third-order valence-corrected chi connectivity index (χ3v) is 3.66. The van der Waals surface area contributed by atoms with Crippen LogP contribution in [0, 0.1) is 77.6 Å². The van der Waals surface area contributed by atoms with Crippen LogP contribution in [0.2, 0.25) is 0 Å². The van der Waals surface area contributed by atoms with E-state index in [2.05, 4.69) is 63.8 Å². The standard InChI is InChI=1S/C16H14N.C5H5.Fe/c1-11-7-8-14-10-12(2)16(17-15(14)9-11)13-5-3-4-6-13;1-2-4-5-3-1;/h3-10H,1-2H3;1-5H;. The van der Waals surface area contributed by atoms with Crippen molar-refractivity contribution in [3.63, 3.8) is 0 Å². The van der Waals surface area contributed by atoms with Gasteiger partial charge in [-0.25, -0.2) is 0 Å². The average Bonchev–Trinajstić information content (AvgIpc) is 3.23. The summed E-state index contributed by atoms with van der Waals surface area (Å²) >= 11 is 0. The predicted molar refractivity (Wildman–Crippen MR) is 92.3 cm³/mol. The molecule has 0 spiro atoms. The maximum absolute atomic E-state index is 4.78. The Hall–Kier alpha value is -0.851. The smallest absolute Gasteiger partial charge is 0.0708 e. The maximum atomic E-state index is 4.78. The second kappa shape index (κ2) is 8.85. The molecule has 1 aromatic heterocycles. The minimum atomic E-state index is 0. The topological polar surface area (TPSA) is 12.9 Å². The van der Waals surface area contributed by atoms with Gasteiger partial charge < -0.3 is 0 Å². The van der Waals surface area contributed by atoms with E-state index in [-0.39, 0.29) is 17.1 Å². The molecule has 4 rings (SSSR count). The third-order valence-electron chi connectivity index (χ3n) is 3.66. The molecule has 2 fully saturated rings. The second-order valence-corrected chi connectivity index (χ2v) is 5.49. The van der Waals surface area contributed by atoms with Gasteiger partial charge in [0.1, 0.15) is 0 Å². The van der Waals surface area contributed by atoms with Crippen LogP contribution >= 0.6 is 0 Å². The van der Waals surface area contributed by atoms with Crippen molar-refractivity contribution in [3.05, 3.63) is 105 Å². The van der Waals surface area contributed by atoms with Crippen LogP contribution in [0.25, 0.3) is 10.9 Å². The van der Waals surface area contributed by atoms with Crippen LogP contribution in [-0.2, 0) is 17.1 Å². The quantitative estimate of drug-likeness (QED) is 0.690. The molecule has 2 saturated carbocycles. The Balaban J connectivity index is 0.000000276. The van der Waals surface area contributed by atoms with Gasteiger partial charge in [-0.2, -0.15) is 0 Å². The number of aromatic nitrogens is 1. The van der Waals surface area contributed by atoms with E-state index in [1.165, 1.54) is 22.4 Å². The molecule has 23 heavy (non-hydrogen) atoms.